The quantitative estimate of drug-likeness (QED) is 0.869. The third kappa shape index (κ3) is 2.06. The normalized spacial score (nSPS) is 19.0. The van der Waals surface area contributed by atoms with Gasteiger partial charge in [-0.05, 0) is 40.7 Å². The highest BCUT2D eigenvalue weighted by molar-refractivity contribution is 5.53. The average Bonchev–Trinajstić information content (AvgIpc) is 2.69. The van der Waals surface area contributed by atoms with Crippen LogP contribution in [0.25, 0.3) is 0 Å². The van der Waals surface area contributed by atoms with Crippen molar-refractivity contribution in [1.82, 2.24) is 15.1 Å². The van der Waals surface area contributed by atoms with Crippen molar-refractivity contribution in [1.29, 1.82) is 0 Å². The second-order valence-electron chi connectivity index (χ2n) is 5.61. The van der Waals surface area contributed by atoms with Gasteiger partial charge in [-0.3, -0.25) is 4.68 Å². The lowest BCUT2D eigenvalue weighted by atomic mass is 10.0. The van der Waals surface area contributed by atoms with Crippen LogP contribution in [0.4, 0.5) is 5.82 Å². The van der Waals surface area contributed by atoms with Crippen LogP contribution in [-0.4, -0.2) is 28.9 Å². The van der Waals surface area contributed by atoms with Gasteiger partial charge < -0.3 is 10.2 Å². The predicted octanol–water partition coefficient (Wildman–Crippen LogP) is 1.83. The summed E-state index contributed by atoms with van der Waals surface area (Å²) in [6.07, 6.45) is 2.53. The molecule has 17 heavy (non-hydrogen) atoms. The van der Waals surface area contributed by atoms with Gasteiger partial charge in [-0.2, -0.15) is 5.10 Å². The van der Waals surface area contributed by atoms with E-state index in [1.165, 1.54) is 24.2 Å². The van der Waals surface area contributed by atoms with E-state index < -0.39 is 0 Å². The molecule has 96 valence electrons. The fourth-order valence-corrected chi connectivity index (χ4v) is 2.91. The number of aryl methyl sites for hydroxylation is 2. The third-order valence-corrected chi connectivity index (χ3v) is 3.82. The highest BCUT2D eigenvalue weighted by atomic mass is 15.4. The van der Waals surface area contributed by atoms with E-state index in [9.17, 15) is 0 Å². The molecule has 0 bridgehead atoms. The Morgan fingerprint density at radius 3 is 2.65 bits per heavy atom. The van der Waals surface area contributed by atoms with Crippen molar-refractivity contribution in [2.75, 3.05) is 18.5 Å². The molecule has 1 aliphatic rings. The molecule has 2 heterocycles. The maximum atomic E-state index is 4.57. The van der Waals surface area contributed by atoms with Crippen molar-refractivity contribution in [2.45, 2.75) is 45.7 Å². The van der Waals surface area contributed by atoms with Gasteiger partial charge in [0.2, 0.25) is 0 Å². The molecule has 1 saturated heterocycles. The molecule has 0 aromatic carbocycles. The number of aromatic nitrogens is 2. The minimum absolute atomic E-state index is 0.253. The molecule has 0 spiro atoms. The second kappa shape index (κ2) is 4.33. The molecule has 1 N–H and O–H groups in total. The summed E-state index contributed by atoms with van der Waals surface area (Å²) in [6, 6.07) is 0. The Morgan fingerprint density at radius 1 is 1.41 bits per heavy atom. The summed E-state index contributed by atoms with van der Waals surface area (Å²) in [4.78, 5) is 2.51. The molecule has 0 atom stereocenters. The van der Waals surface area contributed by atoms with Crippen LogP contribution in [-0.2, 0) is 13.6 Å². The highest BCUT2D eigenvalue weighted by Gasteiger charge is 2.35. The van der Waals surface area contributed by atoms with E-state index in [4.69, 9.17) is 0 Å². The van der Waals surface area contributed by atoms with Crippen molar-refractivity contribution in [3.8, 4) is 0 Å². The number of nitrogens with one attached hydrogen (secondary N) is 1. The zero-order chi connectivity index (χ0) is 12.6. The lowest BCUT2D eigenvalue weighted by Crippen LogP contribution is -2.40. The van der Waals surface area contributed by atoms with E-state index in [2.05, 4.69) is 43.1 Å². The smallest absolute Gasteiger partial charge is 0.131 e. The molecule has 1 aromatic rings. The topological polar surface area (TPSA) is 33.1 Å². The van der Waals surface area contributed by atoms with Gasteiger partial charge in [-0.1, -0.05) is 0 Å². The molecule has 1 fully saturated rings. The summed E-state index contributed by atoms with van der Waals surface area (Å²) in [7, 11) is 4.04. The number of nitrogens with zero attached hydrogens (tertiary/aromatic N) is 3. The highest BCUT2D eigenvalue weighted by Crippen LogP contribution is 2.36. The van der Waals surface area contributed by atoms with E-state index in [1.807, 2.05) is 11.7 Å². The Hall–Kier alpha value is -1.03. The first-order valence-electron chi connectivity index (χ1n) is 6.42. The summed E-state index contributed by atoms with van der Waals surface area (Å²) in [5.74, 6) is 1.29. The maximum Gasteiger partial charge on any atom is 0.131 e. The predicted molar refractivity (Wildman–Crippen MR) is 71.4 cm³/mol. The van der Waals surface area contributed by atoms with Crippen LogP contribution in [0.5, 0.6) is 0 Å². The standard InChI is InChI=1S/C13H24N4/c1-10-11(9-14-4)12(16(5)15-10)17-8-6-7-13(17,2)3/h14H,6-9H2,1-5H3. The molecule has 0 unspecified atom stereocenters. The summed E-state index contributed by atoms with van der Waals surface area (Å²) in [5.41, 5.74) is 2.73. The Labute approximate surface area is 104 Å². The van der Waals surface area contributed by atoms with Crippen molar-refractivity contribution in [3.05, 3.63) is 11.3 Å². The molecule has 0 radical (unpaired) electrons. The van der Waals surface area contributed by atoms with Gasteiger partial charge in [0, 0.05) is 31.2 Å². The van der Waals surface area contributed by atoms with Crippen LogP contribution in [0.2, 0.25) is 0 Å². The van der Waals surface area contributed by atoms with Crippen LogP contribution in [0, 0.1) is 6.92 Å². The Balaban J connectivity index is 2.43. The monoisotopic (exact) mass is 236 g/mol. The minimum Gasteiger partial charge on any atom is -0.351 e. The van der Waals surface area contributed by atoms with Gasteiger partial charge >= 0.3 is 0 Å². The van der Waals surface area contributed by atoms with Gasteiger partial charge in [0.1, 0.15) is 5.82 Å². The van der Waals surface area contributed by atoms with Crippen molar-refractivity contribution < 1.29 is 0 Å². The molecule has 0 aliphatic carbocycles. The van der Waals surface area contributed by atoms with E-state index in [0.29, 0.717) is 0 Å². The average molecular weight is 236 g/mol. The molecule has 0 amide bonds. The van der Waals surface area contributed by atoms with Crippen LogP contribution in [0.3, 0.4) is 0 Å². The molecule has 1 aliphatic heterocycles. The molecular weight excluding hydrogens is 212 g/mol. The second-order valence-corrected chi connectivity index (χ2v) is 5.61. The number of hydrogen-bond acceptors (Lipinski definition) is 3. The van der Waals surface area contributed by atoms with E-state index in [0.717, 1.165) is 18.8 Å². The Kier molecular flexibility index (Phi) is 3.17. The zero-order valence-electron chi connectivity index (χ0n) is 11.7. The summed E-state index contributed by atoms with van der Waals surface area (Å²) in [6.45, 7) is 8.78. The minimum atomic E-state index is 0.253. The summed E-state index contributed by atoms with van der Waals surface area (Å²) in [5, 5.41) is 7.82. The Bertz CT molecular complexity index is 406. The summed E-state index contributed by atoms with van der Waals surface area (Å²) >= 11 is 0. The lowest BCUT2D eigenvalue weighted by molar-refractivity contribution is 0.504. The largest absolute Gasteiger partial charge is 0.351 e. The van der Waals surface area contributed by atoms with Crippen molar-refractivity contribution in [2.24, 2.45) is 7.05 Å². The van der Waals surface area contributed by atoms with Crippen LogP contribution < -0.4 is 10.2 Å². The molecule has 4 heteroatoms. The summed E-state index contributed by atoms with van der Waals surface area (Å²) < 4.78 is 2.04. The first-order valence-corrected chi connectivity index (χ1v) is 6.42. The molecule has 1 aromatic heterocycles. The third-order valence-electron chi connectivity index (χ3n) is 3.82. The molecular formula is C13H24N4. The fraction of sp³-hybridized carbons (Fsp3) is 0.769. The zero-order valence-corrected chi connectivity index (χ0v) is 11.7. The van der Waals surface area contributed by atoms with Gasteiger partial charge in [-0.15, -0.1) is 0 Å². The number of anilines is 1. The Morgan fingerprint density at radius 2 is 2.12 bits per heavy atom. The van der Waals surface area contributed by atoms with E-state index >= 15 is 0 Å². The lowest BCUT2D eigenvalue weighted by Gasteiger charge is -2.34. The van der Waals surface area contributed by atoms with Crippen LogP contribution >= 0.6 is 0 Å². The first-order chi connectivity index (χ1) is 7.97. The van der Waals surface area contributed by atoms with Gasteiger partial charge in [0.15, 0.2) is 0 Å². The van der Waals surface area contributed by atoms with Crippen LogP contribution in [0.1, 0.15) is 37.9 Å². The van der Waals surface area contributed by atoms with Gasteiger partial charge in [0.05, 0.1) is 5.69 Å². The van der Waals surface area contributed by atoms with E-state index in [1.54, 1.807) is 0 Å². The van der Waals surface area contributed by atoms with Crippen molar-refractivity contribution >= 4 is 5.82 Å². The molecule has 0 saturated carbocycles. The van der Waals surface area contributed by atoms with Crippen molar-refractivity contribution in [3.63, 3.8) is 0 Å². The molecule has 4 nitrogen and oxygen atoms in total. The SMILES string of the molecule is CNCc1c(C)nn(C)c1N1CCCC1(C)C. The number of hydrogen-bond donors (Lipinski definition) is 1. The van der Waals surface area contributed by atoms with E-state index in [-0.39, 0.29) is 5.54 Å². The van der Waals surface area contributed by atoms with Gasteiger partial charge in [-0.25, -0.2) is 0 Å². The molecule has 2 rings (SSSR count). The first kappa shape index (κ1) is 12.4. The number of rotatable bonds is 3. The van der Waals surface area contributed by atoms with Gasteiger partial charge in [0.25, 0.3) is 0 Å². The fourth-order valence-electron chi connectivity index (χ4n) is 2.91. The van der Waals surface area contributed by atoms with Crippen LogP contribution in [0.15, 0.2) is 0 Å². The maximum absolute atomic E-state index is 4.57.